The van der Waals surface area contributed by atoms with Crippen LogP contribution < -0.4 is 4.72 Å². The minimum absolute atomic E-state index is 0.0957. The van der Waals surface area contributed by atoms with Gasteiger partial charge in [-0.3, -0.25) is 14.9 Å². The summed E-state index contributed by atoms with van der Waals surface area (Å²) in [6.45, 7) is 0. The number of nitrogens with zero attached hydrogens (tertiary/aromatic N) is 1. The average Bonchev–Trinajstić information content (AvgIpc) is 2.47. The molecule has 0 atom stereocenters. The molecule has 0 aromatic heterocycles. The lowest BCUT2D eigenvalue weighted by Crippen LogP contribution is -2.30. The number of non-ortho nitro benzene ring substituents is 1. The Kier molecular flexibility index (Phi) is 4.43. The van der Waals surface area contributed by atoms with Crippen molar-refractivity contribution in [1.82, 2.24) is 4.72 Å². The monoisotopic (exact) mass is 340 g/mol. The Labute approximate surface area is 130 Å². The number of halogens is 1. The number of hydrogen-bond donors (Lipinski definition) is 1. The summed E-state index contributed by atoms with van der Waals surface area (Å²) in [7, 11) is -4.21. The molecule has 0 saturated carbocycles. The van der Waals surface area contributed by atoms with Gasteiger partial charge in [-0.05, 0) is 30.3 Å². The van der Waals surface area contributed by atoms with E-state index in [2.05, 4.69) is 0 Å². The summed E-state index contributed by atoms with van der Waals surface area (Å²) in [5.41, 5.74) is -0.291. The van der Waals surface area contributed by atoms with Crippen molar-refractivity contribution in [2.75, 3.05) is 0 Å². The Hall–Kier alpha value is -2.45. The summed E-state index contributed by atoms with van der Waals surface area (Å²) >= 11 is 5.68. The molecule has 1 N–H and O–H groups in total. The van der Waals surface area contributed by atoms with Gasteiger partial charge in [-0.25, -0.2) is 13.1 Å². The SMILES string of the molecule is O=C(NS(=O)(=O)c1cccc([N+](=O)[O-])c1)c1ccc(Cl)cc1. The number of rotatable bonds is 4. The van der Waals surface area contributed by atoms with Gasteiger partial charge in [0.2, 0.25) is 0 Å². The molecule has 0 aliphatic rings. The highest BCUT2D eigenvalue weighted by Gasteiger charge is 2.21. The van der Waals surface area contributed by atoms with Crippen LogP contribution in [-0.4, -0.2) is 19.2 Å². The summed E-state index contributed by atoms with van der Waals surface area (Å²) in [4.78, 5) is 21.5. The van der Waals surface area contributed by atoms with Crippen LogP contribution in [0.3, 0.4) is 0 Å². The summed E-state index contributed by atoms with van der Waals surface area (Å²) in [6, 6.07) is 10.0. The first-order valence-electron chi connectivity index (χ1n) is 5.87. The van der Waals surface area contributed by atoms with Crippen molar-refractivity contribution in [2.45, 2.75) is 4.90 Å². The van der Waals surface area contributed by atoms with Gasteiger partial charge >= 0.3 is 0 Å². The zero-order valence-electron chi connectivity index (χ0n) is 10.9. The molecule has 0 heterocycles. The van der Waals surface area contributed by atoms with Gasteiger partial charge in [-0.15, -0.1) is 0 Å². The Morgan fingerprint density at radius 1 is 1.14 bits per heavy atom. The van der Waals surface area contributed by atoms with Gasteiger partial charge in [0.1, 0.15) is 0 Å². The van der Waals surface area contributed by atoms with E-state index < -0.39 is 20.9 Å². The minimum Gasteiger partial charge on any atom is -0.268 e. The van der Waals surface area contributed by atoms with Gasteiger partial charge in [0, 0.05) is 22.7 Å². The number of sulfonamides is 1. The lowest BCUT2D eigenvalue weighted by atomic mass is 10.2. The number of nitro groups is 1. The quantitative estimate of drug-likeness (QED) is 0.679. The second-order valence-corrected chi connectivity index (χ2v) is 6.31. The third-order valence-corrected chi connectivity index (χ3v) is 4.25. The highest BCUT2D eigenvalue weighted by atomic mass is 35.5. The molecule has 0 radical (unpaired) electrons. The predicted molar refractivity (Wildman–Crippen MR) is 79.2 cm³/mol. The molecule has 0 fully saturated rings. The number of hydrogen-bond acceptors (Lipinski definition) is 5. The van der Waals surface area contributed by atoms with Crippen molar-refractivity contribution in [3.8, 4) is 0 Å². The predicted octanol–water partition coefficient (Wildman–Crippen LogP) is 2.37. The maximum absolute atomic E-state index is 12.1. The maximum atomic E-state index is 12.1. The number of carbonyl (C=O) groups excluding carboxylic acids is 1. The first kappa shape index (κ1) is 15.9. The summed E-state index contributed by atoms with van der Waals surface area (Å²) in [6.07, 6.45) is 0. The van der Waals surface area contributed by atoms with Crippen molar-refractivity contribution in [2.24, 2.45) is 0 Å². The average molecular weight is 341 g/mol. The third kappa shape index (κ3) is 3.60. The van der Waals surface area contributed by atoms with Gasteiger partial charge in [-0.1, -0.05) is 17.7 Å². The number of amides is 1. The Balaban J connectivity index is 2.27. The zero-order valence-corrected chi connectivity index (χ0v) is 12.5. The lowest BCUT2D eigenvalue weighted by Gasteiger charge is -2.07. The second kappa shape index (κ2) is 6.12. The van der Waals surface area contributed by atoms with Crippen LogP contribution in [0.4, 0.5) is 5.69 Å². The third-order valence-electron chi connectivity index (χ3n) is 2.67. The number of nitro benzene ring substituents is 1. The summed E-state index contributed by atoms with van der Waals surface area (Å²) in [5.74, 6) is -0.858. The van der Waals surface area contributed by atoms with Crippen molar-refractivity contribution in [1.29, 1.82) is 0 Å². The minimum atomic E-state index is -4.21. The lowest BCUT2D eigenvalue weighted by molar-refractivity contribution is -0.385. The van der Waals surface area contributed by atoms with E-state index in [1.807, 2.05) is 4.72 Å². The maximum Gasteiger partial charge on any atom is 0.270 e. The molecule has 0 aliphatic carbocycles. The highest BCUT2D eigenvalue weighted by Crippen LogP contribution is 2.17. The van der Waals surface area contributed by atoms with E-state index in [-0.39, 0.29) is 16.1 Å². The van der Waals surface area contributed by atoms with E-state index in [0.29, 0.717) is 5.02 Å². The Morgan fingerprint density at radius 3 is 2.36 bits per heavy atom. The molecule has 0 aliphatic heterocycles. The molecule has 1 amide bonds. The van der Waals surface area contributed by atoms with Crippen LogP contribution in [0.1, 0.15) is 10.4 Å². The molecule has 0 bridgehead atoms. The van der Waals surface area contributed by atoms with E-state index in [0.717, 1.165) is 18.2 Å². The van der Waals surface area contributed by atoms with Crippen LogP contribution >= 0.6 is 11.6 Å². The summed E-state index contributed by atoms with van der Waals surface area (Å²) < 4.78 is 26.0. The van der Waals surface area contributed by atoms with Crippen LogP contribution in [0.2, 0.25) is 5.02 Å². The van der Waals surface area contributed by atoms with Gasteiger partial charge in [0.05, 0.1) is 9.82 Å². The first-order valence-corrected chi connectivity index (χ1v) is 7.73. The van der Waals surface area contributed by atoms with E-state index in [1.165, 1.54) is 30.3 Å². The molecule has 2 rings (SSSR count). The smallest absolute Gasteiger partial charge is 0.268 e. The number of carbonyl (C=O) groups is 1. The molecule has 114 valence electrons. The molecule has 9 heteroatoms. The van der Waals surface area contributed by atoms with Crippen molar-refractivity contribution in [3.05, 3.63) is 69.2 Å². The molecule has 2 aromatic carbocycles. The fourth-order valence-electron chi connectivity index (χ4n) is 1.61. The van der Waals surface area contributed by atoms with E-state index in [9.17, 15) is 23.3 Å². The molecule has 7 nitrogen and oxygen atoms in total. The molecular formula is C13H9ClN2O5S. The fraction of sp³-hybridized carbons (Fsp3) is 0. The molecule has 2 aromatic rings. The molecule has 0 spiro atoms. The van der Waals surface area contributed by atoms with E-state index in [1.54, 1.807) is 0 Å². The van der Waals surface area contributed by atoms with Crippen LogP contribution in [-0.2, 0) is 10.0 Å². The van der Waals surface area contributed by atoms with Gasteiger partial charge in [-0.2, -0.15) is 0 Å². The second-order valence-electron chi connectivity index (χ2n) is 4.20. The molecule has 0 unspecified atom stereocenters. The van der Waals surface area contributed by atoms with Crippen molar-refractivity contribution in [3.63, 3.8) is 0 Å². The number of nitrogens with one attached hydrogen (secondary N) is 1. The van der Waals surface area contributed by atoms with Crippen LogP contribution in [0.5, 0.6) is 0 Å². The van der Waals surface area contributed by atoms with Crippen LogP contribution in [0.15, 0.2) is 53.4 Å². The number of benzene rings is 2. The van der Waals surface area contributed by atoms with Gasteiger partial charge in [0.15, 0.2) is 0 Å². The highest BCUT2D eigenvalue weighted by molar-refractivity contribution is 7.90. The topological polar surface area (TPSA) is 106 Å². The van der Waals surface area contributed by atoms with Crippen LogP contribution in [0.25, 0.3) is 0 Å². The normalized spacial score (nSPS) is 11.0. The first-order chi connectivity index (χ1) is 10.3. The zero-order chi connectivity index (χ0) is 16.3. The molecule has 0 saturated heterocycles. The van der Waals surface area contributed by atoms with Gasteiger partial charge < -0.3 is 0 Å². The van der Waals surface area contributed by atoms with Crippen molar-refractivity contribution >= 4 is 33.2 Å². The fourth-order valence-corrected chi connectivity index (χ4v) is 2.74. The summed E-state index contributed by atoms with van der Waals surface area (Å²) in [5, 5.41) is 11.1. The standard InChI is InChI=1S/C13H9ClN2O5S/c14-10-6-4-9(5-7-10)13(17)15-22(20,21)12-3-1-2-11(8-12)16(18)19/h1-8H,(H,15,17). The van der Waals surface area contributed by atoms with E-state index >= 15 is 0 Å². The largest absolute Gasteiger partial charge is 0.270 e. The van der Waals surface area contributed by atoms with Gasteiger partial charge in [0.25, 0.3) is 21.6 Å². The Bertz CT molecular complexity index is 834. The van der Waals surface area contributed by atoms with E-state index in [4.69, 9.17) is 11.6 Å². The van der Waals surface area contributed by atoms with Crippen LogP contribution in [0, 0.1) is 10.1 Å². The molecular weight excluding hydrogens is 332 g/mol. The molecule has 22 heavy (non-hydrogen) atoms. The van der Waals surface area contributed by atoms with Crippen molar-refractivity contribution < 1.29 is 18.1 Å². The Morgan fingerprint density at radius 2 is 1.77 bits per heavy atom.